The van der Waals surface area contributed by atoms with Crippen molar-refractivity contribution in [2.45, 2.75) is 33.1 Å². The van der Waals surface area contributed by atoms with Gasteiger partial charge in [0, 0.05) is 20.3 Å². The number of benzene rings is 2. The standard InChI is InChI=1S/C23H23IN2O3/c1-3-7-19-17(4-2)22(18-8-5-6-9-20(18)26-19)23(28)29-14-21(27)25-16-12-10-15(24)11-13-16/h5-6,8-13H,3-4,7,14H2,1-2H3,(H,25,27). The number of hydrogen-bond acceptors (Lipinski definition) is 4. The van der Waals surface area contributed by atoms with Gasteiger partial charge in [-0.1, -0.05) is 38.5 Å². The molecule has 0 atom stereocenters. The van der Waals surface area contributed by atoms with E-state index in [0.717, 1.165) is 38.6 Å². The maximum Gasteiger partial charge on any atom is 0.339 e. The number of anilines is 1. The number of amides is 1. The monoisotopic (exact) mass is 502 g/mol. The van der Waals surface area contributed by atoms with Crippen molar-refractivity contribution in [1.29, 1.82) is 0 Å². The Hall–Kier alpha value is -2.48. The summed E-state index contributed by atoms with van der Waals surface area (Å²) in [7, 11) is 0. The number of fused-ring (bicyclic) bond motifs is 1. The minimum Gasteiger partial charge on any atom is -0.452 e. The molecule has 0 aliphatic heterocycles. The number of halogens is 1. The molecule has 0 saturated heterocycles. The van der Waals surface area contributed by atoms with Gasteiger partial charge in [0.25, 0.3) is 5.91 Å². The maximum absolute atomic E-state index is 13.0. The van der Waals surface area contributed by atoms with Gasteiger partial charge in [0.2, 0.25) is 0 Å². The van der Waals surface area contributed by atoms with Gasteiger partial charge in [-0.15, -0.1) is 0 Å². The molecule has 0 aliphatic carbocycles. The zero-order valence-electron chi connectivity index (χ0n) is 16.5. The Balaban J connectivity index is 1.82. The molecule has 1 aromatic heterocycles. The summed E-state index contributed by atoms with van der Waals surface area (Å²) < 4.78 is 6.46. The molecule has 0 bridgehead atoms. The van der Waals surface area contributed by atoms with Crippen LogP contribution in [-0.2, 0) is 22.4 Å². The number of carbonyl (C=O) groups excluding carboxylic acids is 2. The van der Waals surface area contributed by atoms with Crippen LogP contribution in [0.4, 0.5) is 5.69 Å². The van der Waals surface area contributed by atoms with E-state index in [0.29, 0.717) is 17.7 Å². The predicted molar refractivity (Wildman–Crippen MR) is 123 cm³/mol. The van der Waals surface area contributed by atoms with Crippen molar-refractivity contribution in [3.8, 4) is 0 Å². The first-order valence-electron chi connectivity index (χ1n) is 9.66. The Morgan fingerprint density at radius 2 is 1.79 bits per heavy atom. The van der Waals surface area contributed by atoms with Gasteiger partial charge in [-0.2, -0.15) is 0 Å². The van der Waals surface area contributed by atoms with Crippen LogP contribution in [0.25, 0.3) is 10.9 Å². The van der Waals surface area contributed by atoms with Gasteiger partial charge in [-0.3, -0.25) is 9.78 Å². The van der Waals surface area contributed by atoms with Crippen molar-refractivity contribution in [3.05, 3.63) is 68.9 Å². The van der Waals surface area contributed by atoms with Gasteiger partial charge in [0.15, 0.2) is 6.61 Å². The summed E-state index contributed by atoms with van der Waals surface area (Å²) in [4.78, 5) is 29.9. The van der Waals surface area contributed by atoms with Crippen LogP contribution in [0.2, 0.25) is 0 Å². The van der Waals surface area contributed by atoms with E-state index in [2.05, 4.69) is 34.8 Å². The van der Waals surface area contributed by atoms with Crippen LogP contribution in [-0.4, -0.2) is 23.5 Å². The lowest BCUT2D eigenvalue weighted by atomic mass is 9.96. The number of ether oxygens (including phenoxy) is 1. The zero-order chi connectivity index (χ0) is 20.8. The lowest BCUT2D eigenvalue weighted by Crippen LogP contribution is -2.22. The minimum absolute atomic E-state index is 0.340. The lowest BCUT2D eigenvalue weighted by molar-refractivity contribution is -0.119. The van der Waals surface area contributed by atoms with E-state index in [4.69, 9.17) is 9.72 Å². The molecule has 0 aliphatic rings. The molecular weight excluding hydrogens is 479 g/mol. The third-order valence-corrected chi connectivity index (χ3v) is 5.30. The number of hydrogen-bond donors (Lipinski definition) is 1. The fraction of sp³-hybridized carbons (Fsp3) is 0.261. The quantitative estimate of drug-likeness (QED) is 0.359. The van der Waals surface area contributed by atoms with Crippen molar-refractivity contribution >= 4 is 51.1 Å². The molecule has 1 N–H and O–H groups in total. The third-order valence-electron chi connectivity index (χ3n) is 4.59. The summed E-state index contributed by atoms with van der Waals surface area (Å²) in [5.41, 5.74) is 3.77. The number of rotatable bonds is 7. The number of pyridine rings is 1. The first-order valence-corrected chi connectivity index (χ1v) is 10.7. The van der Waals surface area contributed by atoms with Crippen LogP contribution in [0.1, 0.15) is 41.9 Å². The highest BCUT2D eigenvalue weighted by Crippen LogP contribution is 2.26. The number of carbonyl (C=O) groups is 2. The topological polar surface area (TPSA) is 68.3 Å². The number of nitrogens with zero attached hydrogens (tertiary/aromatic N) is 1. The van der Waals surface area contributed by atoms with Crippen LogP contribution in [0.5, 0.6) is 0 Å². The second-order valence-electron chi connectivity index (χ2n) is 6.66. The average molecular weight is 502 g/mol. The van der Waals surface area contributed by atoms with Gasteiger partial charge >= 0.3 is 5.97 Å². The second-order valence-corrected chi connectivity index (χ2v) is 7.91. The lowest BCUT2D eigenvalue weighted by Gasteiger charge is -2.15. The Morgan fingerprint density at radius 3 is 2.48 bits per heavy atom. The fourth-order valence-corrected chi connectivity index (χ4v) is 3.65. The minimum atomic E-state index is -0.490. The molecule has 2 aromatic carbocycles. The molecule has 6 heteroatoms. The van der Waals surface area contributed by atoms with Gasteiger partial charge in [-0.25, -0.2) is 4.79 Å². The molecule has 1 heterocycles. The normalized spacial score (nSPS) is 10.7. The fourth-order valence-electron chi connectivity index (χ4n) is 3.29. The van der Waals surface area contributed by atoms with E-state index < -0.39 is 5.97 Å². The van der Waals surface area contributed by atoms with Crippen molar-refractivity contribution in [2.24, 2.45) is 0 Å². The molecule has 0 saturated carbocycles. The summed E-state index contributed by atoms with van der Waals surface area (Å²) in [5, 5.41) is 3.50. The molecule has 5 nitrogen and oxygen atoms in total. The van der Waals surface area contributed by atoms with Crippen LogP contribution >= 0.6 is 22.6 Å². The summed E-state index contributed by atoms with van der Waals surface area (Å²) in [6.45, 7) is 3.75. The zero-order valence-corrected chi connectivity index (χ0v) is 18.7. The van der Waals surface area contributed by atoms with Gasteiger partial charge in [0.05, 0.1) is 11.1 Å². The average Bonchev–Trinajstić information content (AvgIpc) is 2.73. The summed E-state index contributed by atoms with van der Waals surface area (Å²) in [6, 6.07) is 15.0. The molecule has 3 aromatic rings. The van der Waals surface area contributed by atoms with E-state index in [1.807, 2.05) is 55.5 Å². The Labute approximate surface area is 184 Å². The highest BCUT2D eigenvalue weighted by Gasteiger charge is 2.21. The van der Waals surface area contributed by atoms with Crippen molar-refractivity contribution < 1.29 is 14.3 Å². The Morgan fingerprint density at radius 1 is 1.07 bits per heavy atom. The van der Waals surface area contributed by atoms with Crippen LogP contribution in [0, 0.1) is 3.57 Å². The first-order chi connectivity index (χ1) is 14.0. The SMILES string of the molecule is CCCc1nc2ccccc2c(C(=O)OCC(=O)Nc2ccc(I)cc2)c1CC. The molecule has 0 radical (unpaired) electrons. The smallest absolute Gasteiger partial charge is 0.339 e. The van der Waals surface area contributed by atoms with Crippen molar-refractivity contribution in [3.63, 3.8) is 0 Å². The van der Waals surface area contributed by atoms with Crippen LogP contribution in [0.3, 0.4) is 0 Å². The summed E-state index contributed by atoms with van der Waals surface area (Å²) in [6.07, 6.45) is 2.40. The number of para-hydroxylation sites is 1. The summed E-state index contributed by atoms with van der Waals surface area (Å²) >= 11 is 2.20. The first kappa shape index (κ1) is 21.2. The van der Waals surface area contributed by atoms with Crippen LogP contribution < -0.4 is 5.32 Å². The highest BCUT2D eigenvalue weighted by molar-refractivity contribution is 14.1. The van der Waals surface area contributed by atoms with Crippen molar-refractivity contribution in [2.75, 3.05) is 11.9 Å². The summed E-state index contributed by atoms with van der Waals surface area (Å²) in [5.74, 6) is -0.861. The molecule has 1 amide bonds. The maximum atomic E-state index is 13.0. The molecule has 3 rings (SSSR count). The van der Waals surface area contributed by atoms with Crippen molar-refractivity contribution in [1.82, 2.24) is 4.98 Å². The molecule has 0 unspecified atom stereocenters. The number of aromatic nitrogens is 1. The van der Waals surface area contributed by atoms with E-state index in [1.54, 1.807) is 0 Å². The van der Waals surface area contributed by atoms with Crippen LogP contribution in [0.15, 0.2) is 48.5 Å². The predicted octanol–water partition coefficient (Wildman–Crippen LogP) is 5.15. The molecule has 0 fully saturated rings. The highest BCUT2D eigenvalue weighted by atomic mass is 127. The molecule has 150 valence electrons. The number of aryl methyl sites for hydroxylation is 1. The molecular formula is C23H23IN2O3. The van der Waals surface area contributed by atoms with E-state index in [9.17, 15) is 9.59 Å². The molecule has 0 spiro atoms. The van der Waals surface area contributed by atoms with E-state index >= 15 is 0 Å². The van der Waals surface area contributed by atoms with Gasteiger partial charge < -0.3 is 10.1 Å². The largest absolute Gasteiger partial charge is 0.452 e. The second kappa shape index (κ2) is 9.82. The van der Waals surface area contributed by atoms with E-state index in [-0.39, 0.29) is 12.5 Å². The number of nitrogens with one attached hydrogen (secondary N) is 1. The van der Waals surface area contributed by atoms with E-state index in [1.165, 1.54) is 0 Å². The molecule has 29 heavy (non-hydrogen) atoms. The Bertz CT molecular complexity index is 1030. The number of esters is 1. The van der Waals surface area contributed by atoms with Gasteiger partial charge in [-0.05, 0) is 71.3 Å². The Kier molecular flexibility index (Phi) is 7.19. The van der Waals surface area contributed by atoms with Gasteiger partial charge in [0.1, 0.15) is 0 Å². The third kappa shape index (κ3) is 5.12.